The van der Waals surface area contributed by atoms with Crippen molar-refractivity contribution in [3.63, 3.8) is 0 Å². The molecule has 0 amide bonds. The molecule has 0 aromatic carbocycles. The van der Waals surface area contributed by atoms with Crippen molar-refractivity contribution >= 4 is 12.4 Å². The zero-order valence-corrected chi connectivity index (χ0v) is 7.73. The number of carbonyl (C=O) groups excluding carboxylic acids is 1. The molecule has 0 saturated heterocycles. The predicted octanol–water partition coefficient (Wildman–Crippen LogP) is 2.71. The van der Waals surface area contributed by atoms with E-state index >= 15 is 0 Å². The Morgan fingerprint density at radius 1 is 1.38 bits per heavy atom. The van der Waals surface area contributed by atoms with Gasteiger partial charge in [-0.25, -0.2) is 4.98 Å². The maximum absolute atomic E-state index is 10.4. The molecule has 0 aliphatic rings. The van der Waals surface area contributed by atoms with E-state index in [4.69, 9.17) is 0 Å². The number of nitrogens with zero attached hydrogens (tertiary/aromatic N) is 1. The van der Waals surface area contributed by atoms with Gasteiger partial charge in [0, 0.05) is 0 Å². The van der Waals surface area contributed by atoms with Gasteiger partial charge in [-0.15, -0.1) is 0 Å². The molecule has 0 fully saturated rings. The molecule has 13 heavy (non-hydrogen) atoms. The van der Waals surface area contributed by atoms with Crippen molar-refractivity contribution in [2.75, 3.05) is 0 Å². The van der Waals surface area contributed by atoms with Gasteiger partial charge < -0.3 is 0 Å². The van der Waals surface area contributed by atoms with Crippen LogP contribution in [0.3, 0.4) is 0 Å². The smallest absolute Gasteiger partial charge is 0.168 e. The monoisotopic (exact) mass is 175 g/mol. The maximum atomic E-state index is 10.4. The molecule has 68 valence electrons. The number of hydrogen-bond donors (Lipinski definition) is 0. The number of rotatable bonds is 4. The Morgan fingerprint density at radius 3 is 2.85 bits per heavy atom. The fourth-order valence-electron chi connectivity index (χ4n) is 0.998. The zero-order valence-electron chi connectivity index (χ0n) is 7.73. The van der Waals surface area contributed by atoms with E-state index in [0.29, 0.717) is 5.69 Å². The average molecular weight is 175 g/mol. The summed E-state index contributed by atoms with van der Waals surface area (Å²) >= 11 is 0. The number of aldehydes is 1. The van der Waals surface area contributed by atoms with Gasteiger partial charge in [0.2, 0.25) is 0 Å². The van der Waals surface area contributed by atoms with E-state index in [-0.39, 0.29) is 0 Å². The fourth-order valence-corrected chi connectivity index (χ4v) is 0.998. The summed E-state index contributed by atoms with van der Waals surface area (Å²) in [6, 6.07) is 5.42. The Balaban J connectivity index is 2.71. The summed E-state index contributed by atoms with van der Waals surface area (Å²) in [5.74, 6) is 0. The summed E-state index contributed by atoms with van der Waals surface area (Å²) in [5, 5.41) is 0. The van der Waals surface area contributed by atoms with E-state index in [1.165, 1.54) is 0 Å². The van der Waals surface area contributed by atoms with Crippen molar-refractivity contribution in [3.05, 3.63) is 35.7 Å². The van der Waals surface area contributed by atoms with Crippen LogP contribution in [0, 0.1) is 0 Å². The lowest BCUT2D eigenvalue weighted by atomic mass is 10.2. The second kappa shape index (κ2) is 5.25. The normalized spacial score (nSPS) is 10.5. The molecule has 0 aliphatic heterocycles. The summed E-state index contributed by atoms with van der Waals surface area (Å²) in [4.78, 5) is 14.5. The van der Waals surface area contributed by atoms with Crippen LogP contribution in [0.2, 0.25) is 0 Å². The van der Waals surface area contributed by atoms with Crippen molar-refractivity contribution in [1.82, 2.24) is 4.98 Å². The summed E-state index contributed by atoms with van der Waals surface area (Å²) in [7, 11) is 0. The van der Waals surface area contributed by atoms with Gasteiger partial charge in [-0.1, -0.05) is 25.5 Å². The molecule has 1 rings (SSSR count). The third-order valence-electron chi connectivity index (χ3n) is 1.66. The van der Waals surface area contributed by atoms with Crippen molar-refractivity contribution in [2.24, 2.45) is 0 Å². The van der Waals surface area contributed by atoms with E-state index in [0.717, 1.165) is 24.8 Å². The predicted molar refractivity (Wildman–Crippen MR) is 53.6 cm³/mol. The average Bonchev–Trinajstić information content (AvgIpc) is 2.19. The van der Waals surface area contributed by atoms with Crippen LogP contribution in [0.15, 0.2) is 24.3 Å². The van der Waals surface area contributed by atoms with Crippen molar-refractivity contribution in [3.8, 4) is 0 Å². The minimum absolute atomic E-state index is 0.485. The highest BCUT2D eigenvalue weighted by Gasteiger charge is 1.91. The first-order chi connectivity index (χ1) is 6.36. The Hall–Kier alpha value is -1.44. The van der Waals surface area contributed by atoms with Crippen molar-refractivity contribution in [1.29, 1.82) is 0 Å². The van der Waals surface area contributed by atoms with Gasteiger partial charge in [0.05, 0.1) is 5.69 Å². The quantitative estimate of drug-likeness (QED) is 0.658. The van der Waals surface area contributed by atoms with Gasteiger partial charge in [0.15, 0.2) is 6.29 Å². The van der Waals surface area contributed by atoms with Gasteiger partial charge in [-0.2, -0.15) is 0 Å². The number of allylic oxidation sites excluding steroid dienone is 1. The Labute approximate surface area is 78.3 Å². The van der Waals surface area contributed by atoms with Gasteiger partial charge in [-0.3, -0.25) is 4.79 Å². The molecule has 2 nitrogen and oxygen atoms in total. The van der Waals surface area contributed by atoms with Crippen LogP contribution in [0.5, 0.6) is 0 Å². The highest BCUT2D eigenvalue weighted by molar-refractivity contribution is 5.72. The Bertz CT molecular complexity index is 305. The topological polar surface area (TPSA) is 30.0 Å². The van der Waals surface area contributed by atoms with E-state index in [2.05, 4.69) is 18.0 Å². The molecule has 0 aliphatic carbocycles. The molecule has 1 heterocycles. The van der Waals surface area contributed by atoms with Gasteiger partial charge in [0.1, 0.15) is 5.69 Å². The molecule has 0 radical (unpaired) electrons. The molecular weight excluding hydrogens is 162 g/mol. The molecule has 0 saturated carbocycles. The van der Waals surface area contributed by atoms with Gasteiger partial charge >= 0.3 is 0 Å². The van der Waals surface area contributed by atoms with Crippen LogP contribution in [-0.2, 0) is 0 Å². The van der Waals surface area contributed by atoms with Crippen molar-refractivity contribution < 1.29 is 4.79 Å². The molecule has 2 heteroatoms. The van der Waals surface area contributed by atoms with Crippen LogP contribution in [0.25, 0.3) is 6.08 Å². The molecule has 0 N–H and O–H groups in total. The third kappa shape index (κ3) is 3.20. The first kappa shape index (κ1) is 9.65. The number of hydrogen-bond acceptors (Lipinski definition) is 2. The number of unbranched alkanes of at least 4 members (excludes halogenated alkanes) is 1. The lowest BCUT2D eigenvalue weighted by Crippen LogP contribution is -1.87. The lowest BCUT2D eigenvalue weighted by molar-refractivity contribution is 0.111. The maximum Gasteiger partial charge on any atom is 0.168 e. The third-order valence-corrected chi connectivity index (χ3v) is 1.66. The largest absolute Gasteiger partial charge is 0.296 e. The van der Waals surface area contributed by atoms with Gasteiger partial charge in [0.25, 0.3) is 0 Å². The van der Waals surface area contributed by atoms with Crippen LogP contribution >= 0.6 is 0 Å². The minimum Gasteiger partial charge on any atom is -0.296 e. The summed E-state index contributed by atoms with van der Waals surface area (Å²) < 4.78 is 0. The molecule has 1 aromatic heterocycles. The lowest BCUT2D eigenvalue weighted by Gasteiger charge is -1.93. The van der Waals surface area contributed by atoms with Crippen LogP contribution < -0.4 is 0 Å². The SMILES string of the molecule is CCCC=Cc1cccc(C=O)n1. The molecule has 0 bridgehead atoms. The van der Waals surface area contributed by atoms with E-state index < -0.39 is 0 Å². The second-order valence-corrected chi connectivity index (χ2v) is 2.80. The van der Waals surface area contributed by atoms with Crippen molar-refractivity contribution in [2.45, 2.75) is 19.8 Å². The second-order valence-electron chi connectivity index (χ2n) is 2.80. The molecule has 0 atom stereocenters. The Morgan fingerprint density at radius 2 is 2.15 bits per heavy atom. The van der Waals surface area contributed by atoms with Crippen LogP contribution in [0.4, 0.5) is 0 Å². The van der Waals surface area contributed by atoms with E-state index in [1.54, 1.807) is 6.07 Å². The first-order valence-corrected chi connectivity index (χ1v) is 4.45. The fraction of sp³-hybridized carbons (Fsp3) is 0.273. The number of pyridine rings is 1. The Kier molecular flexibility index (Phi) is 3.89. The zero-order chi connectivity index (χ0) is 9.52. The molecule has 0 spiro atoms. The summed E-state index contributed by atoms with van der Waals surface area (Å²) in [6.07, 6.45) is 6.95. The summed E-state index contributed by atoms with van der Waals surface area (Å²) in [5.41, 5.74) is 1.33. The molecular formula is C11H13NO. The summed E-state index contributed by atoms with van der Waals surface area (Å²) in [6.45, 7) is 2.12. The standard InChI is InChI=1S/C11H13NO/c1-2-3-4-6-10-7-5-8-11(9-13)12-10/h4-9H,2-3H2,1H3. The van der Waals surface area contributed by atoms with Crippen LogP contribution in [0.1, 0.15) is 35.9 Å². The number of carbonyl (C=O) groups is 1. The highest BCUT2D eigenvalue weighted by Crippen LogP contribution is 2.01. The number of aromatic nitrogens is 1. The molecule has 0 unspecified atom stereocenters. The molecule has 1 aromatic rings. The highest BCUT2D eigenvalue weighted by atomic mass is 16.1. The van der Waals surface area contributed by atoms with E-state index in [1.807, 2.05) is 18.2 Å². The first-order valence-electron chi connectivity index (χ1n) is 4.45. The van der Waals surface area contributed by atoms with Crippen LogP contribution in [-0.4, -0.2) is 11.3 Å². The van der Waals surface area contributed by atoms with E-state index in [9.17, 15) is 4.79 Å². The minimum atomic E-state index is 0.485. The van der Waals surface area contributed by atoms with Gasteiger partial charge in [-0.05, 0) is 24.6 Å².